The lowest BCUT2D eigenvalue weighted by Crippen LogP contribution is -2.31. The fraction of sp³-hybridized carbons (Fsp3) is 0.227. The molecule has 0 aliphatic carbocycles. The van der Waals surface area contributed by atoms with Gasteiger partial charge in [0, 0.05) is 16.3 Å². The Morgan fingerprint density at radius 1 is 1.12 bits per heavy atom. The Morgan fingerprint density at radius 3 is 2.38 bits per heavy atom. The monoisotopic (exact) mass is 455 g/mol. The molecule has 1 amide bonds. The number of nitrogens with two attached hydrogens (primary N) is 1. The highest BCUT2D eigenvalue weighted by molar-refractivity contribution is 6.30. The summed E-state index contributed by atoms with van der Waals surface area (Å²) in [5, 5.41) is 8.36. The number of allylic oxidation sites excluding steroid dienone is 1. The van der Waals surface area contributed by atoms with Crippen LogP contribution >= 0.6 is 11.6 Å². The first-order chi connectivity index (χ1) is 15.4. The molecular formula is C22H22ClN5O4. The Kier molecular flexibility index (Phi) is 5.67. The number of anilines is 1. The van der Waals surface area contributed by atoms with E-state index in [9.17, 15) is 4.79 Å². The maximum atomic E-state index is 12.5. The van der Waals surface area contributed by atoms with Crippen LogP contribution in [0.1, 0.15) is 18.5 Å². The van der Waals surface area contributed by atoms with Crippen LogP contribution in [0.25, 0.3) is 11.4 Å². The number of methoxy groups -OCH3 is 3. The minimum absolute atomic E-state index is 0.342. The summed E-state index contributed by atoms with van der Waals surface area (Å²) >= 11 is 6.14. The van der Waals surface area contributed by atoms with Crippen LogP contribution < -0.4 is 25.3 Å². The van der Waals surface area contributed by atoms with Crippen molar-refractivity contribution in [1.29, 1.82) is 0 Å². The summed E-state index contributed by atoms with van der Waals surface area (Å²) < 4.78 is 18.0. The van der Waals surface area contributed by atoms with E-state index in [1.165, 1.54) is 21.3 Å². The molecule has 0 spiro atoms. The molecule has 0 saturated heterocycles. The van der Waals surface area contributed by atoms with Gasteiger partial charge in [-0.3, -0.25) is 4.79 Å². The van der Waals surface area contributed by atoms with Crippen molar-refractivity contribution in [3.8, 4) is 28.6 Å². The van der Waals surface area contributed by atoms with Crippen LogP contribution in [-0.4, -0.2) is 42.0 Å². The summed E-state index contributed by atoms with van der Waals surface area (Å²) in [7, 11) is 4.58. The average molecular weight is 456 g/mol. The van der Waals surface area contributed by atoms with Crippen LogP contribution in [0.2, 0.25) is 5.02 Å². The van der Waals surface area contributed by atoms with Crippen LogP contribution in [0.15, 0.2) is 47.7 Å². The van der Waals surface area contributed by atoms with Gasteiger partial charge in [-0.25, -0.2) is 4.68 Å². The lowest BCUT2D eigenvalue weighted by molar-refractivity contribution is -0.115. The van der Waals surface area contributed by atoms with Crippen molar-refractivity contribution >= 4 is 23.5 Å². The molecule has 0 radical (unpaired) electrons. The number of nitrogens with zero attached hydrogens (tertiary/aromatic N) is 3. The van der Waals surface area contributed by atoms with Crippen LogP contribution in [0.3, 0.4) is 0 Å². The number of amides is 1. The summed E-state index contributed by atoms with van der Waals surface area (Å²) in [6, 6.07) is 10.1. The van der Waals surface area contributed by atoms with Crippen LogP contribution in [0.4, 0.5) is 5.95 Å². The fourth-order valence-corrected chi connectivity index (χ4v) is 3.98. The highest BCUT2D eigenvalue weighted by Gasteiger charge is 2.34. The van der Waals surface area contributed by atoms with E-state index >= 15 is 0 Å². The number of fused-ring (bicyclic) bond motifs is 1. The number of carbonyl (C=O) groups is 1. The lowest BCUT2D eigenvalue weighted by atomic mass is 9.94. The zero-order valence-electron chi connectivity index (χ0n) is 18.0. The number of carbonyl (C=O) groups excluding carboxylic acids is 1. The molecule has 0 fully saturated rings. The van der Waals surface area contributed by atoms with Crippen molar-refractivity contribution in [1.82, 2.24) is 14.8 Å². The molecule has 4 rings (SSSR count). The fourth-order valence-electron chi connectivity index (χ4n) is 3.79. The predicted octanol–water partition coefficient (Wildman–Crippen LogP) is 3.40. The average Bonchev–Trinajstić information content (AvgIpc) is 3.20. The molecule has 1 aliphatic rings. The molecule has 0 saturated carbocycles. The third-order valence-corrected chi connectivity index (χ3v) is 5.44. The minimum Gasteiger partial charge on any atom is -0.493 e. The summed E-state index contributed by atoms with van der Waals surface area (Å²) in [5.74, 6) is 1.65. The smallest absolute Gasteiger partial charge is 0.248 e. The number of aromatic nitrogens is 3. The maximum Gasteiger partial charge on any atom is 0.248 e. The SMILES string of the molecule is COc1cc([C@@H]2C(C(N)=O)=C(C)Nc3nc(-c4cccc(Cl)c4)nn32)cc(OC)c1OC. The quantitative estimate of drug-likeness (QED) is 0.585. The van der Waals surface area contributed by atoms with Gasteiger partial charge < -0.3 is 25.3 Å². The van der Waals surface area contributed by atoms with Crippen LogP contribution in [-0.2, 0) is 4.79 Å². The highest BCUT2D eigenvalue weighted by atomic mass is 35.5. The molecule has 2 aromatic carbocycles. The van der Waals surface area contributed by atoms with Crippen molar-refractivity contribution < 1.29 is 19.0 Å². The second-order valence-corrected chi connectivity index (χ2v) is 7.54. The molecule has 0 bridgehead atoms. The molecule has 10 heteroatoms. The molecule has 1 atom stereocenters. The third kappa shape index (κ3) is 3.60. The molecule has 32 heavy (non-hydrogen) atoms. The second-order valence-electron chi connectivity index (χ2n) is 7.10. The minimum atomic E-state index is -0.669. The van der Waals surface area contributed by atoms with Crippen molar-refractivity contribution in [3.05, 3.63) is 58.3 Å². The highest BCUT2D eigenvalue weighted by Crippen LogP contribution is 2.44. The summed E-state index contributed by atoms with van der Waals surface area (Å²) in [5.41, 5.74) is 8.10. The van der Waals surface area contributed by atoms with Gasteiger partial charge in [-0.2, -0.15) is 4.98 Å². The van der Waals surface area contributed by atoms with Crippen molar-refractivity contribution in [2.75, 3.05) is 26.6 Å². The van der Waals surface area contributed by atoms with E-state index in [2.05, 4.69) is 15.4 Å². The Labute approximate surface area is 189 Å². The van der Waals surface area contributed by atoms with Crippen molar-refractivity contribution in [2.45, 2.75) is 13.0 Å². The molecular weight excluding hydrogens is 434 g/mol. The lowest BCUT2D eigenvalue weighted by Gasteiger charge is -2.28. The van der Waals surface area contributed by atoms with E-state index in [0.717, 1.165) is 5.56 Å². The Morgan fingerprint density at radius 2 is 1.81 bits per heavy atom. The van der Waals surface area contributed by atoms with Gasteiger partial charge in [-0.15, -0.1) is 5.10 Å². The standard InChI is InChI=1S/C22H22ClN5O4/c1-11-17(20(24)29)18(13-9-15(30-2)19(32-4)16(10-13)31-3)28-22(25-11)26-21(27-28)12-6-5-7-14(23)8-12/h5-10,18H,1-4H3,(H2,24,29)(H,25,26,27)/t18-/m1/s1. The summed E-state index contributed by atoms with van der Waals surface area (Å²) in [6.45, 7) is 1.77. The zero-order chi connectivity index (χ0) is 23.0. The maximum absolute atomic E-state index is 12.5. The van der Waals surface area contributed by atoms with E-state index in [0.29, 0.717) is 50.9 Å². The largest absolute Gasteiger partial charge is 0.493 e. The summed E-state index contributed by atoms with van der Waals surface area (Å²) in [6.07, 6.45) is 0. The number of hydrogen-bond acceptors (Lipinski definition) is 7. The number of hydrogen-bond donors (Lipinski definition) is 2. The van der Waals surface area contributed by atoms with Gasteiger partial charge >= 0.3 is 0 Å². The molecule has 3 aromatic rings. The van der Waals surface area contributed by atoms with E-state index in [1.807, 2.05) is 12.1 Å². The van der Waals surface area contributed by atoms with Crippen molar-refractivity contribution in [3.63, 3.8) is 0 Å². The first-order valence-corrected chi connectivity index (χ1v) is 10.1. The molecule has 0 unspecified atom stereocenters. The third-order valence-electron chi connectivity index (χ3n) is 5.20. The Balaban J connectivity index is 1.93. The summed E-state index contributed by atoms with van der Waals surface area (Å²) in [4.78, 5) is 17.1. The molecule has 1 aliphatic heterocycles. The Bertz CT molecular complexity index is 1210. The molecule has 3 N–H and O–H groups in total. The van der Waals surface area contributed by atoms with E-state index < -0.39 is 11.9 Å². The van der Waals surface area contributed by atoms with E-state index in [4.69, 9.17) is 31.5 Å². The van der Waals surface area contributed by atoms with E-state index in [1.54, 1.807) is 35.9 Å². The van der Waals surface area contributed by atoms with Gasteiger partial charge in [0.25, 0.3) is 0 Å². The van der Waals surface area contributed by atoms with E-state index in [-0.39, 0.29) is 0 Å². The molecule has 2 heterocycles. The number of nitrogens with one attached hydrogen (secondary N) is 1. The van der Waals surface area contributed by atoms with Gasteiger partial charge in [0.05, 0.1) is 26.9 Å². The van der Waals surface area contributed by atoms with Crippen molar-refractivity contribution in [2.24, 2.45) is 5.73 Å². The van der Waals surface area contributed by atoms with Gasteiger partial charge in [-0.05, 0) is 36.8 Å². The first-order valence-electron chi connectivity index (χ1n) is 9.67. The zero-order valence-corrected chi connectivity index (χ0v) is 18.7. The van der Waals surface area contributed by atoms with Gasteiger partial charge in [0.1, 0.15) is 6.04 Å². The van der Waals surface area contributed by atoms with Crippen LogP contribution in [0, 0.1) is 0 Å². The molecule has 9 nitrogen and oxygen atoms in total. The van der Waals surface area contributed by atoms with Crippen LogP contribution in [0.5, 0.6) is 17.2 Å². The topological polar surface area (TPSA) is 114 Å². The number of benzene rings is 2. The first kappa shape index (κ1) is 21.5. The number of ether oxygens (including phenoxy) is 3. The van der Waals surface area contributed by atoms with Gasteiger partial charge in [-0.1, -0.05) is 23.7 Å². The van der Waals surface area contributed by atoms with Gasteiger partial charge in [0.2, 0.25) is 17.6 Å². The molecule has 166 valence electrons. The molecule has 1 aromatic heterocycles. The number of rotatable bonds is 6. The van der Waals surface area contributed by atoms with Gasteiger partial charge in [0.15, 0.2) is 17.3 Å². The normalized spacial score (nSPS) is 15.1. The Hall–Kier alpha value is -3.72. The number of halogens is 1. The number of primary amides is 1. The predicted molar refractivity (Wildman–Crippen MR) is 120 cm³/mol. The second kappa shape index (κ2) is 8.43.